The summed E-state index contributed by atoms with van der Waals surface area (Å²) in [4.78, 5) is 11.8. The first-order chi connectivity index (χ1) is 8.73. The zero-order valence-electron chi connectivity index (χ0n) is 10.7. The summed E-state index contributed by atoms with van der Waals surface area (Å²) in [6, 6.07) is 8.40. The van der Waals surface area contributed by atoms with Crippen LogP contribution in [0.4, 0.5) is 0 Å². The van der Waals surface area contributed by atoms with Crippen molar-refractivity contribution in [3.63, 3.8) is 0 Å². The fourth-order valence-corrected chi connectivity index (χ4v) is 3.24. The molecule has 0 unspecified atom stereocenters. The Kier molecular flexibility index (Phi) is 2.73. The van der Waals surface area contributed by atoms with E-state index in [2.05, 4.69) is 25.1 Å². The molecule has 0 aromatic heterocycles. The van der Waals surface area contributed by atoms with E-state index in [4.69, 9.17) is 4.74 Å². The summed E-state index contributed by atoms with van der Waals surface area (Å²) < 4.78 is 5.76. The normalized spacial score (nSPS) is 26.5. The Bertz CT molecular complexity index is 516. The second-order valence-electron chi connectivity index (χ2n) is 5.26. The van der Waals surface area contributed by atoms with Crippen LogP contribution in [0.3, 0.4) is 0 Å². The fraction of sp³-hybridized carbons (Fsp3) is 0.438. The van der Waals surface area contributed by atoms with Crippen molar-refractivity contribution in [2.45, 2.75) is 44.6 Å². The van der Waals surface area contributed by atoms with Crippen molar-refractivity contribution in [1.82, 2.24) is 0 Å². The number of ether oxygens (including phenoxy) is 1. The lowest BCUT2D eigenvalue weighted by Crippen LogP contribution is -2.38. The highest BCUT2D eigenvalue weighted by Crippen LogP contribution is 2.45. The summed E-state index contributed by atoms with van der Waals surface area (Å²) in [6.07, 6.45) is 6.61. The Morgan fingerprint density at radius 2 is 2.17 bits per heavy atom. The lowest BCUT2D eigenvalue weighted by atomic mass is 9.74. The topological polar surface area (TPSA) is 26.3 Å². The predicted molar refractivity (Wildman–Crippen MR) is 70.1 cm³/mol. The summed E-state index contributed by atoms with van der Waals surface area (Å²) >= 11 is 0. The Labute approximate surface area is 108 Å². The molecule has 1 aromatic rings. The molecule has 0 radical (unpaired) electrons. The third-order valence-electron chi connectivity index (χ3n) is 4.12. The smallest absolute Gasteiger partial charge is 0.331 e. The zero-order valence-corrected chi connectivity index (χ0v) is 10.7. The molecular formula is C16H18O2. The molecule has 94 valence electrons. The van der Waals surface area contributed by atoms with Gasteiger partial charge in [-0.15, -0.1) is 0 Å². The molecule has 2 heteroatoms. The van der Waals surface area contributed by atoms with Gasteiger partial charge in [0, 0.05) is 12.5 Å². The van der Waals surface area contributed by atoms with Gasteiger partial charge in [0.25, 0.3) is 0 Å². The van der Waals surface area contributed by atoms with Gasteiger partial charge in [0.1, 0.15) is 5.60 Å². The quantitative estimate of drug-likeness (QED) is 0.704. The molecule has 0 saturated heterocycles. The lowest BCUT2D eigenvalue weighted by Gasteiger charge is -2.41. The highest BCUT2D eigenvalue weighted by atomic mass is 16.6. The predicted octanol–water partition coefficient (Wildman–Crippen LogP) is 3.50. The van der Waals surface area contributed by atoms with Gasteiger partial charge < -0.3 is 4.74 Å². The van der Waals surface area contributed by atoms with E-state index in [0.717, 1.165) is 32.1 Å². The minimum absolute atomic E-state index is 0.171. The molecule has 1 atom stereocenters. The molecule has 0 saturated carbocycles. The van der Waals surface area contributed by atoms with Crippen molar-refractivity contribution in [3.05, 3.63) is 47.0 Å². The third kappa shape index (κ3) is 1.76. The number of esters is 1. The van der Waals surface area contributed by atoms with Crippen molar-refractivity contribution in [1.29, 1.82) is 0 Å². The van der Waals surface area contributed by atoms with Crippen molar-refractivity contribution >= 4 is 5.97 Å². The number of aryl methyl sites for hydroxylation is 1. The molecule has 1 aliphatic heterocycles. The molecule has 18 heavy (non-hydrogen) atoms. The van der Waals surface area contributed by atoms with Crippen LogP contribution in [0.5, 0.6) is 0 Å². The molecule has 0 fully saturated rings. The Balaban J connectivity index is 2.07. The average Bonchev–Trinajstić information content (AvgIpc) is 2.38. The van der Waals surface area contributed by atoms with Crippen LogP contribution in [0.1, 0.15) is 43.7 Å². The molecule has 0 bridgehead atoms. The lowest BCUT2D eigenvalue weighted by molar-refractivity contribution is -0.159. The van der Waals surface area contributed by atoms with Crippen LogP contribution >= 0.6 is 0 Å². The number of hydrogen-bond donors (Lipinski definition) is 0. The molecule has 0 amide bonds. The summed E-state index contributed by atoms with van der Waals surface area (Å²) in [5.41, 5.74) is 3.40. The Hall–Kier alpha value is -1.57. The van der Waals surface area contributed by atoms with E-state index in [9.17, 15) is 4.79 Å². The minimum atomic E-state index is -0.383. The number of carbonyl (C=O) groups excluding carboxylic acids is 1. The van der Waals surface area contributed by atoms with Crippen LogP contribution in [-0.4, -0.2) is 5.97 Å². The largest absolute Gasteiger partial charge is 0.451 e. The Morgan fingerprint density at radius 3 is 3.00 bits per heavy atom. The van der Waals surface area contributed by atoms with Crippen molar-refractivity contribution < 1.29 is 9.53 Å². The van der Waals surface area contributed by atoms with E-state index in [1.54, 1.807) is 6.08 Å². The number of carbonyl (C=O) groups is 1. The maximum absolute atomic E-state index is 11.8. The molecule has 3 rings (SSSR count). The second kappa shape index (κ2) is 4.27. The maximum Gasteiger partial charge on any atom is 0.331 e. The van der Waals surface area contributed by atoms with Crippen LogP contribution in [0.25, 0.3) is 0 Å². The first-order valence-corrected chi connectivity index (χ1v) is 6.74. The number of rotatable bonds is 1. The van der Waals surface area contributed by atoms with Gasteiger partial charge in [-0.2, -0.15) is 0 Å². The SMILES string of the molecule is CCC1=CC(=O)O[C@]2(CCCc3ccccc32)C1. The van der Waals surface area contributed by atoms with Gasteiger partial charge in [0.2, 0.25) is 0 Å². The number of hydrogen-bond acceptors (Lipinski definition) is 2. The number of fused-ring (bicyclic) bond motifs is 2. The van der Waals surface area contributed by atoms with Gasteiger partial charge >= 0.3 is 5.97 Å². The van der Waals surface area contributed by atoms with Crippen molar-refractivity contribution in [3.8, 4) is 0 Å². The van der Waals surface area contributed by atoms with Gasteiger partial charge in [0.05, 0.1) is 0 Å². The molecule has 0 N–H and O–H groups in total. The van der Waals surface area contributed by atoms with E-state index in [1.165, 1.54) is 16.7 Å². The summed E-state index contributed by atoms with van der Waals surface area (Å²) in [5, 5.41) is 0. The maximum atomic E-state index is 11.8. The van der Waals surface area contributed by atoms with Crippen LogP contribution in [0.2, 0.25) is 0 Å². The highest BCUT2D eigenvalue weighted by molar-refractivity contribution is 5.84. The van der Waals surface area contributed by atoms with Crippen molar-refractivity contribution in [2.24, 2.45) is 0 Å². The van der Waals surface area contributed by atoms with Crippen LogP contribution in [-0.2, 0) is 21.6 Å². The van der Waals surface area contributed by atoms with Gasteiger partial charge in [0.15, 0.2) is 0 Å². The van der Waals surface area contributed by atoms with Gasteiger partial charge in [-0.1, -0.05) is 36.8 Å². The van der Waals surface area contributed by atoms with E-state index in [0.29, 0.717) is 0 Å². The summed E-state index contributed by atoms with van der Waals surface area (Å²) in [5.74, 6) is -0.171. The number of benzene rings is 1. The minimum Gasteiger partial charge on any atom is -0.451 e. The average molecular weight is 242 g/mol. The molecule has 2 nitrogen and oxygen atoms in total. The highest BCUT2D eigenvalue weighted by Gasteiger charge is 2.42. The standard InChI is InChI=1S/C16H18O2/c1-2-12-10-15(17)18-16(11-12)9-5-7-13-6-3-4-8-14(13)16/h3-4,6,8,10H,2,5,7,9,11H2,1H3/t16-/m1/s1. The van der Waals surface area contributed by atoms with Crippen LogP contribution in [0, 0.1) is 0 Å². The van der Waals surface area contributed by atoms with E-state index < -0.39 is 0 Å². The van der Waals surface area contributed by atoms with Gasteiger partial charge in [-0.25, -0.2) is 4.79 Å². The first-order valence-electron chi connectivity index (χ1n) is 6.74. The molecular weight excluding hydrogens is 224 g/mol. The van der Waals surface area contributed by atoms with Gasteiger partial charge in [-0.05, 0) is 36.8 Å². The Morgan fingerprint density at radius 1 is 1.33 bits per heavy atom. The van der Waals surface area contributed by atoms with Gasteiger partial charge in [-0.3, -0.25) is 0 Å². The molecule has 2 aliphatic rings. The third-order valence-corrected chi connectivity index (χ3v) is 4.12. The van der Waals surface area contributed by atoms with Crippen LogP contribution < -0.4 is 0 Å². The van der Waals surface area contributed by atoms with E-state index in [1.807, 2.05) is 6.07 Å². The first kappa shape index (κ1) is 11.5. The molecule has 1 heterocycles. The zero-order chi connectivity index (χ0) is 12.6. The van der Waals surface area contributed by atoms with E-state index >= 15 is 0 Å². The summed E-state index contributed by atoms with van der Waals surface area (Å²) in [7, 11) is 0. The molecule has 1 aromatic carbocycles. The van der Waals surface area contributed by atoms with Crippen LogP contribution in [0.15, 0.2) is 35.9 Å². The monoisotopic (exact) mass is 242 g/mol. The molecule has 1 spiro atoms. The fourth-order valence-electron chi connectivity index (χ4n) is 3.24. The second-order valence-corrected chi connectivity index (χ2v) is 5.26. The van der Waals surface area contributed by atoms with E-state index in [-0.39, 0.29) is 11.6 Å². The van der Waals surface area contributed by atoms with Crippen molar-refractivity contribution in [2.75, 3.05) is 0 Å². The molecule has 1 aliphatic carbocycles. The summed E-state index contributed by atoms with van der Waals surface area (Å²) in [6.45, 7) is 2.10.